The summed E-state index contributed by atoms with van der Waals surface area (Å²) < 4.78 is 7.16. The van der Waals surface area contributed by atoms with Crippen molar-refractivity contribution >= 4 is 11.6 Å². The number of hydrogen-bond acceptors (Lipinski definition) is 5. The minimum atomic E-state index is -0.310. The molecule has 2 aromatic carbocycles. The number of amides is 1. The van der Waals surface area contributed by atoms with Gasteiger partial charge >= 0.3 is 0 Å². The number of hydrogen-bond donors (Lipinski definition) is 1. The lowest BCUT2D eigenvalue weighted by molar-refractivity contribution is -0.116. The van der Waals surface area contributed by atoms with Crippen molar-refractivity contribution in [1.29, 1.82) is 5.26 Å². The Morgan fingerprint density at radius 3 is 2.71 bits per heavy atom. The van der Waals surface area contributed by atoms with Gasteiger partial charge < -0.3 is 10.1 Å². The first-order valence-corrected chi connectivity index (χ1v) is 7.16. The van der Waals surface area contributed by atoms with Crippen molar-refractivity contribution in [2.75, 3.05) is 5.32 Å². The van der Waals surface area contributed by atoms with Crippen molar-refractivity contribution in [3.63, 3.8) is 0 Å². The predicted octanol–water partition coefficient (Wildman–Crippen LogP) is 2.58. The maximum absolute atomic E-state index is 12.2. The number of carbonyl (C=O) groups excluding carboxylic acids is 1. The van der Waals surface area contributed by atoms with Gasteiger partial charge in [-0.15, -0.1) is 10.2 Å². The topological polar surface area (TPSA) is 92.8 Å². The average Bonchev–Trinajstić information content (AvgIpc) is 3.04. The normalized spacial score (nSPS) is 9.96. The van der Waals surface area contributed by atoms with E-state index >= 15 is 0 Å². The number of anilines is 1. The first kappa shape index (κ1) is 15.2. The highest BCUT2D eigenvalue weighted by atomic mass is 16.5. The molecular weight excluding hydrogens is 306 g/mol. The summed E-state index contributed by atoms with van der Waals surface area (Å²) in [6, 6.07) is 18.3. The van der Waals surface area contributed by atoms with Gasteiger partial charge in [0.25, 0.3) is 0 Å². The van der Waals surface area contributed by atoms with E-state index in [-0.39, 0.29) is 18.3 Å². The fourth-order valence-electron chi connectivity index (χ4n) is 2.08. The molecule has 7 nitrogen and oxygen atoms in total. The number of aromatic nitrogens is 3. The molecule has 0 unspecified atom stereocenters. The van der Waals surface area contributed by atoms with Crippen LogP contribution < -0.4 is 10.1 Å². The van der Waals surface area contributed by atoms with E-state index in [9.17, 15) is 4.79 Å². The second-order valence-corrected chi connectivity index (χ2v) is 4.85. The third-order valence-electron chi connectivity index (χ3n) is 3.16. The van der Waals surface area contributed by atoms with Crippen molar-refractivity contribution in [2.24, 2.45) is 0 Å². The number of ether oxygens (including phenoxy) is 1. The summed E-state index contributed by atoms with van der Waals surface area (Å²) in [5, 5.41) is 18.9. The van der Waals surface area contributed by atoms with Gasteiger partial charge in [-0.3, -0.25) is 9.36 Å². The molecule has 0 spiro atoms. The Hall–Kier alpha value is -3.66. The second-order valence-electron chi connectivity index (χ2n) is 4.85. The van der Waals surface area contributed by atoms with Crippen LogP contribution in [0.1, 0.15) is 5.82 Å². The van der Waals surface area contributed by atoms with Gasteiger partial charge in [0.1, 0.15) is 24.7 Å². The van der Waals surface area contributed by atoms with E-state index in [1.807, 2.05) is 42.5 Å². The van der Waals surface area contributed by atoms with E-state index in [2.05, 4.69) is 15.5 Å². The molecule has 0 saturated heterocycles. The van der Waals surface area contributed by atoms with Crippen LogP contribution in [0.5, 0.6) is 11.5 Å². The number of carbonyl (C=O) groups is 1. The van der Waals surface area contributed by atoms with Crippen molar-refractivity contribution in [3.8, 4) is 17.6 Å². The summed E-state index contributed by atoms with van der Waals surface area (Å²) >= 11 is 0. The predicted molar refractivity (Wildman–Crippen MR) is 86.3 cm³/mol. The van der Waals surface area contributed by atoms with Crippen LogP contribution in [-0.4, -0.2) is 20.7 Å². The Morgan fingerprint density at radius 1 is 1.17 bits per heavy atom. The van der Waals surface area contributed by atoms with E-state index < -0.39 is 0 Å². The number of nitriles is 1. The Labute approximate surface area is 138 Å². The van der Waals surface area contributed by atoms with Crippen molar-refractivity contribution in [1.82, 2.24) is 14.8 Å². The Kier molecular flexibility index (Phi) is 4.49. The molecule has 0 aliphatic carbocycles. The van der Waals surface area contributed by atoms with E-state index in [1.165, 1.54) is 10.9 Å². The molecule has 0 saturated carbocycles. The van der Waals surface area contributed by atoms with E-state index in [4.69, 9.17) is 10.00 Å². The third-order valence-corrected chi connectivity index (χ3v) is 3.16. The maximum Gasteiger partial charge on any atom is 0.244 e. The first-order chi connectivity index (χ1) is 11.8. The van der Waals surface area contributed by atoms with Gasteiger partial charge in [0.15, 0.2) is 5.75 Å². The van der Waals surface area contributed by atoms with Crippen LogP contribution in [0.2, 0.25) is 0 Å². The molecule has 3 aromatic rings. The quantitative estimate of drug-likeness (QED) is 0.780. The van der Waals surface area contributed by atoms with Gasteiger partial charge in [-0.05, 0) is 24.3 Å². The van der Waals surface area contributed by atoms with E-state index in [1.54, 1.807) is 18.2 Å². The number of nitrogens with zero attached hydrogens (tertiary/aromatic N) is 4. The summed E-state index contributed by atoms with van der Waals surface area (Å²) in [4.78, 5) is 12.2. The minimum absolute atomic E-state index is 0.0600. The van der Waals surface area contributed by atoms with Crippen LogP contribution in [0.25, 0.3) is 0 Å². The van der Waals surface area contributed by atoms with Gasteiger partial charge in [-0.2, -0.15) is 5.26 Å². The van der Waals surface area contributed by atoms with Crippen molar-refractivity contribution in [2.45, 2.75) is 6.54 Å². The molecule has 7 heteroatoms. The number of benzene rings is 2. The van der Waals surface area contributed by atoms with Crippen LogP contribution in [0, 0.1) is 11.3 Å². The molecule has 0 atom stereocenters. The maximum atomic E-state index is 12.2. The Bertz CT molecular complexity index is 883. The first-order valence-electron chi connectivity index (χ1n) is 7.16. The Balaban J connectivity index is 1.73. The summed E-state index contributed by atoms with van der Waals surface area (Å²) in [6.07, 6.45) is 1.34. The van der Waals surface area contributed by atoms with Crippen molar-refractivity contribution < 1.29 is 9.53 Å². The highest BCUT2D eigenvalue weighted by Crippen LogP contribution is 2.29. The molecule has 0 fully saturated rings. The summed E-state index contributed by atoms with van der Waals surface area (Å²) in [6.45, 7) is -0.0600. The fraction of sp³-hybridized carbons (Fsp3) is 0.0588. The van der Waals surface area contributed by atoms with Gasteiger partial charge in [-0.25, -0.2) is 0 Å². The van der Waals surface area contributed by atoms with E-state index in [0.717, 1.165) is 0 Å². The second kappa shape index (κ2) is 7.07. The molecule has 1 aromatic heterocycles. The molecule has 118 valence electrons. The minimum Gasteiger partial charge on any atom is -0.455 e. The zero-order chi connectivity index (χ0) is 16.8. The summed E-state index contributed by atoms with van der Waals surface area (Å²) in [5.74, 6) is 0.973. The van der Waals surface area contributed by atoms with Crippen LogP contribution in [0.3, 0.4) is 0 Å². The largest absolute Gasteiger partial charge is 0.455 e. The van der Waals surface area contributed by atoms with Crippen LogP contribution in [-0.2, 0) is 11.3 Å². The fourth-order valence-corrected chi connectivity index (χ4v) is 2.08. The lowest BCUT2D eigenvalue weighted by atomic mass is 10.3. The number of rotatable bonds is 5. The molecule has 24 heavy (non-hydrogen) atoms. The number of nitrogens with one attached hydrogen (secondary N) is 1. The highest BCUT2D eigenvalue weighted by molar-refractivity contribution is 5.92. The lowest BCUT2D eigenvalue weighted by Crippen LogP contribution is -2.19. The molecule has 1 N–H and O–H groups in total. The molecule has 1 amide bonds. The van der Waals surface area contributed by atoms with Crippen LogP contribution >= 0.6 is 0 Å². The molecule has 0 radical (unpaired) electrons. The molecule has 3 rings (SSSR count). The standard InChI is InChI=1S/C17H13N5O2/c18-10-16-21-19-12-22(16)11-17(23)20-14-8-4-5-9-15(14)24-13-6-2-1-3-7-13/h1-9,12H,11H2,(H,20,23). The average molecular weight is 319 g/mol. The highest BCUT2D eigenvalue weighted by Gasteiger charge is 2.11. The SMILES string of the molecule is N#Cc1nncn1CC(=O)Nc1ccccc1Oc1ccccc1. The summed E-state index contributed by atoms with van der Waals surface area (Å²) in [7, 11) is 0. The number of para-hydroxylation sites is 3. The Morgan fingerprint density at radius 2 is 1.92 bits per heavy atom. The van der Waals surface area contributed by atoms with Crippen LogP contribution in [0.15, 0.2) is 60.9 Å². The van der Waals surface area contributed by atoms with Crippen molar-refractivity contribution in [3.05, 3.63) is 66.7 Å². The zero-order valence-electron chi connectivity index (χ0n) is 12.6. The van der Waals surface area contributed by atoms with Gasteiger partial charge in [0, 0.05) is 0 Å². The summed E-state index contributed by atoms with van der Waals surface area (Å²) in [5.41, 5.74) is 0.540. The van der Waals surface area contributed by atoms with Gasteiger partial charge in [-0.1, -0.05) is 30.3 Å². The smallest absolute Gasteiger partial charge is 0.244 e. The monoisotopic (exact) mass is 319 g/mol. The molecule has 0 aliphatic rings. The van der Waals surface area contributed by atoms with Crippen LogP contribution in [0.4, 0.5) is 5.69 Å². The zero-order valence-corrected chi connectivity index (χ0v) is 12.6. The lowest BCUT2D eigenvalue weighted by Gasteiger charge is -2.12. The van der Waals surface area contributed by atoms with Gasteiger partial charge in [0.2, 0.25) is 11.7 Å². The van der Waals surface area contributed by atoms with E-state index in [0.29, 0.717) is 17.2 Å². The molecule has 0 aliphatic heterocycles. The molecule has 0 bridgehead atoms. The van der Waals surface area contributed by atoms with Gasteiger partial charge in [0.05, 0.1) is 5.69 Å². The third kappa shape index (κ3) is 3.56. The molecule has 1 heterocycles. The molecular formula is C17H13N5O2.